The second kappa shape index (κ2) is 5.74. The Labute approximate surface area is 120 Å². The highest BCUT2D eigenvalue weighted by atomic mass is 79.9. The van der Waals surface area contributed by atoms with Gasteiger partial charge in [-0.1, -0.05) is 6.08 Å². The molecule has 19 heavy (non-hydrogen) atoms. The zero-order valence-electron chi connectivity index (χ0n) is 10.5. The number of alkyl halides is 2. The van der Waals surface area contributed by atoms with Gasteiger partial charge in [0.1, 0.15) is 5.75 Å². The van der Waals surface area contributed by atoms with Crippen molar-refractivity contribution < 1.29 is 13.9 Å². The van der Waals surface area contributed by atoms with Gasteiger partial charge in [0.25, 0.3) is 0 Å². The maximum absolute atomic E-state index is 13.2. The normalized spacial score (nSPS) is 25.3. The summed E-state index contributed by atoms with van der Waals surface area (Å²) in [6, 6.07) is 7.06. The van der Waals surface area contributed by atoms with Gasteiger partial charge in [0.05, 0.1) is 7.11 Å². The molecule has 2 atom stereocenters. The van der Waals surface area contributed by atoms with E-state index in [1.165, 1.54) is 6.08 Å². The fourth-order valence-corrected chi connectivity index (χ4v) is 2.30. The van der Waals surface area contributed by atoms with Gasteiger partial charge in [0.15, 0.2) is 4.58 Å². The molecule has 3 nitrogen and oxygen atoms in total. The van der Waals surface area contributed by atoms with E-state index >= 15 is 0 Å². The summed E-state index contributed by atoms with van der Waals surface area (Å²) in [5.41, 5.74) is 0.696. The Morgan fingerprint density at radius 2 is 2.21 bits per heavy atom. The molecule has 1 aliphatic rings. The molecule has 0 heterocycles. The summed E-state index contributed by atoms with van der Waals surface area (Å²) in [6.45, 7) is 0. The number of halogens is 2. The van der Waals surface area contributed by atoms with Gasteiger partial charge < -0.3 is 10.1 Å². The number of carbonyl (C=O) groups excluding carboxylic acids is 1. The first-order valence-electron chi connectivity index (χ1n) is 6.00. The maximum atomic E-state index is 13.2. The lowest BCUT2D eigenvalue weighted by atomic mass is 10.2. The molecule has 1 fully saturated rings. The van der Waals surface area contributed by atoms with E-state index in [0.717, 1.165) is 5.75 Å². The molecule has 0 bridgehead atoms. The zero-order chi connectivity index (χ0) is 13.9. The summed E-state index contributed by atoms with van der Waals surface area (Å²) in [5.74, 6) is 0.501. The lowest BCUT2D eigenvalue weighted by Gasteiger charge is -2.03. The van der Waals surface area contributed by atoms with Gasteiger partial charge in [-0.25, -0.2) is 4.39 Å². The minimum Gasteiger partial charge on any atom is -0.497 e. The summed E-state index contributed by atoms with van der Waals surface area (Å²) in [5, 5.41) is 2.72. The van der Waals surface area contributed by atoms with Crippen molar-refractivity contribution in [3.05, 3.63) is 36.4 Å². The molecule has 2 unspecified atom stereocenters. The number of anilines is 1. The lowest BCUT2D eigenvalue weighted by Crippen LogP contribution is -2.07. The van der Waals surface area contributed by atoms with E-state index in [1.54, 1.807) is 37.5 Å². The average Bonchev–Trinajstić information content (AvgIpc) is 2.98. The summed E-state index contributed by atoms with van der Waals surface area (Å²) in [7, 11) is 1.59. The van der Waals surface area contributed by atoms with Gasteiger partial charge in [0.2, 0.25) is 5.91 Å². The van der Waals surface area contributed by atoms with Crippen LogP contribution in [0.2, 0.25) is 0 Å². The molecule has 1 saturated carbocycles. The first kappa shape index (κ1) is 14.1. The quantitative estimate of drug-likeness (QED) is 0.662. The molecule has 0 saturated heterocycles. The number of rotatable bonds is 5. The van der Waals surface area contributed by atoms with Crippen LogP contribution in [0, 0.1) is 5.92 Å². The molecule has 0 aliphatic heterocycles. The average molecular weight is 328 g/mol. The fourth-order valence-electron chi connectivity index (χ4n) is 1.72. The van der Waals surface area contributed by atoms with Crippen LogP contribution in [0.25, 0.3) is 0 Å². The highest BCUT2D eigenvalue weighted by molar-refractivity contribution is 9.10. The topological polar surface area (TPSA) is 38.3 Å². The van der Waals surface area contributed by atoms with Crippen molar-refractivity contribution in [2.24, 2.45) is 5.92 Å². The van der Waals surface area contributed by atoms with Crippen LogP contribution in [-0.4, -0.2) is 17.6 Å². The Hall–Kier alpha value is -1.36. The number of allylic oxidation sites excluding steroid dienone is 1. The number of amides is 1. The Balaban J connectivity index is 1.78. The molecule has 0 radical (unpaired) electrons. The standard InChI is InChI=1S/C14H15BrFNO2/c1-19-12-7-5-11(6-8-12)17-13(18)4-2-3-10-9-14(10,15)16/h2,4-8,10H,3,9H2,1H3,(H,17,18)/b4-2+. The van der Waals surface area contributed by atoms with E-state index in [2.05, 4.69) is 21.2 Å². The molecule has 5 heteroatoms. The van der Waals surface area contributed by atoms with Crippen LogP contribution < -0.4 is 10.1 Å². The van der Waals surface area contributed by atoms with Crippen molar-refractivity contribution in [1.29, 1.82) is 0 Å². The van der Waals surface area contributed by atoms with Crippen LogP contribution in [0.4, 0.5) is 10.1 Å². The molecule has 0 spiro atoms. The van der Waals surface area contributed by atoms with Gasteiger partial charge >= 0.3 is 0 Å². The Morgan fingerprint density at radius 3 is 2.74 bits per heavy atom. The van der Waals surface area contributed by atoms with E-state index in [0.29, 0.717) is 18.5 Å². The van der Waals surface area contributed by atoms with Crippen LogP contribution in [0.15, 0.2) is 36.4 Å². The third-order valence-corrected chi connectivity index (χ3v) is 3.97. The first-order valence-corrected chi connectivity index (χ1v) is 6.80. The SMILES string of the molecule is COc1ccc(NC(=O)/C=C/CC2CC2(F)Br)cc1. The molecule has 1 amide bonds. The first-order chi connectivity index (χ1) is 9.01. The van der Waals surface area contributed by atoms with E-state index in [1.807, 2.05) is 0 Å². The minimum atomic E-state index is -1.22. The smallest absolute Gasteiger partial charge is 0.248 e. The van der Waals surface area contributed by atoms with Gasteiger partial charge in [-0.3, -0.25) is 4.79 Å². The Morgan fingerprint density at radius 1 is 1.58 bits per heavy atom. The summed E-state index contributed by atoms with van der Waals surface area (Å²) in [6.07, 6.45) is 4.22. The van der Waals surface area contributed by atoms with Gasteiger partial charge in [-0.2, -0.15) is 0 Å². The number of carbonyl (C=O) groups is 1. The van der Waals surface area contributed by atoms with E-state index in [4.69, 9.17) is 4.74 Å². The van der Waals surface area contributed by atoms with E-state index in [-0.39, 0.29) is 11.8 Å². The molecule has 1 N–H and O–H groups in total. The molecule has 2 rings (SSSR count). The van der Waals surface area contributed by atoms with Gasteiger partial charge in [0, 0.05) is 11.6 Å². The third-order valence-electron chi connectivity index (χ3n) is 3.00. The monoisotopic (exact) mass is 327 g/mol. The van der Waals surface area contributed by atoms with Crippen LogP contribution in [0.3, 0.4) is 0 Å². The van der Waals surface area contributed by atoms with Crippen molar-refractivity contribution in [3.63, 3.8) is 0 Å². The molecule has 1 aliphatic carbocycles. The van der Waals surface area contributed by atoms with Crippen LogP contribution >= 0.6 is 15.9 Å². The van der Waals surface area contributed by atoms with Crippen molar-refractivity contribution in [2.45, 2.75) is 17.4 Å². The molecule has 1 aromatic rings. The van der Waals surface area contributed by atoms with Crippen molar-refractivity contribution >= 4 is 27.5 Å². The molecular weight excluding hydrogens is 313 g/mol. The summed E-state index contributed by atoms with van der Waals surface area (Å²) < 4.78 is 17.0. The Kier molecular flexibility index (Phi) is 4.24. The summed E-state index contributed by atoms with van der Waals surface area (Å²) >= 11 is 2.97. The summed E-state index contributed by atoms with van der Waals surface area (Å²) in [4.78, 5) is 11.6. The van der Waals surface area contributed by atoms with E-state index in [9.17, 15) is 9.18 Å². The number of hydrogen-bond acceptors (Lipinski definition) is 2. The fraction of sp³-hybridized carbons (Fsp3) is 0.357. The van der Waals surface area contributed by atoms with Crippen LogP contribution in [0.5, 0.6) is 5.75 Å². The number of benzene rings is 1. The van der Waals surface area contributed by atoms with Gasteiger partial charge in [-0.05, 0) is 59.1 Å². The number of hydrogen-bond donors (Lipinski definition) is 1. The largest absolute Gasteiger partial charge is 0.497 e. The van der Waals surface area contributed by atoms with Crippen molar-refractivity contribution in [3.8, 4) is 5.75 Å². The maximum Gasteiger partial charge on any atom is 0.248 e. The lowest BCUT2D eigenvalue weighted by molar-refractivity contribution is -0.111. The molecular formula is C14H15BrFNO2. The molecule has 1 aromatic carbocycles. The third kappa shape index (κ3) is 4.06. The van der Waals surface area contributed by atoms with Crippen molar-refractivity contribution in [1.82, 2.24) is 0 Å². The molecule has 102 valence electrons. The van der Waals surface area contributed by atoms with Gasteiger partial charge in [-0.15, -0.1) is 0 Å². The Bertz CT molecular complexity index is 485. The van der Waals surface area contributed by atoms with Crippen LogP contribution in [0.1, 0.15) is 12.8 Å². The predicted octanol–water partition coefficient (Wildman–Crippen LogP) is 3.66. The predicted molar refractivity (Wildman–Crippen MR) is 76.3 cm³/mol. The zero-order valence-corrected chi connectivity index (χ0v) is 12.1. The highest BCUT2D eigenvalue weighted by Crippen LogP contribution is 2.54. The van der Waals surface area contributed by atoms with Crippen molar-refractivity contribution in [2.75, 3.05) is 12.4 Å². The number of ether oxygens (including phenoxy) is 1. The number of nitrogens with one attached hydrogen (secondary N) is 1. The minimum absolute atomic E-state index is 0.0162. The molecule has 0 aromatic heterocycles. The number of methoxy groups -OCH3 is 1. The second-order valence-corrected chi connectivity index (χ2v) is 5.84. The van der Waals surface area contributed by atoms with Crippen LogP contribution in [-0.2, 0) is 4.79 Å². The highest BCUT2D eigenvalue weighted by Gasteiger charge is 2.52. The van der Waals surface area contributed by atoms with E-state index < -0.39 is 4.58 Å². The second-order valence-electron chi connectivity index (χ2n) is 4.52.